The van der Waals surface area contributed by atoms with Crippen molar-refractivity contribution in [3.05, 3.63) is 12.2 Å². The van der Waals surface area contributed by atoms with Crippen LogP contribution in [0.25, 0.3) is 0 Å². The maximum atomic E-state index is 11.1. The molecule has 198 valence electrons. The summed E-state index contributed by atoms with van der Waals surface area (Å²) in [4.78, 5) is 33.1. The standard InChI is InChI=1S/C27H49NO6/c1-2-3-4-5-6-7-8-9-10-11-12-13-14-15-16-17-21-28(22-18-25(29)30,23-19-26(31)32)24-20-27(33)34/h15-16H,2-14,17-24H2,1H3,(H2-,29,30,31,32,33,34)/b16-15+. The maximum Gasteiger partial charge on any atom is 0.309 e. The molecule has 0 radical (unpaired) electrons. The minimum atomic E-state index is -1.20. The predicted molar refractivity (Wildman–Crippen MR) is 133 cm³/mol. The molecule has 0 aromatic carbocycles. The summed E-state index contributed by atoms with van der Waals surface area (Å²) in [5.41, 5.74) is 0. The summed E-state index contributed by atoms with van der Waals surface area (Å²) < 4.78 is 0.176. The van der Waals surface area contributed by atoms with Crippen molar-refractivity contribution in [3.63, 3.8) is 0 Å². The van der Waals surface area contributed by atoms with Gasteiger partial charge in [-0.15, -0.1) is 0 Å². The molecule has 0 aliphatic rings. The summed E-state index contributed by atoms with van der Waals surface area (Å²) in [6, 6.07) is 0. The van der Waals surface area contributed by atoms with Crippen LogP contribution in [0.2, 0.25) is 0 Å². The fraction of sp³-hybridized carbons (Fsp3) is 0.815. The third-order valence-corrected chi connectivity index (χ3v) is 6.55. The molecule has 0 atom stereocenters. The zero-order valence-corrected chi connectivity index (χ0v) is 21.5. The molecule has 7 heteroatoms. The van der Waals surface area contributed by atoms with Gasteiger partial charge in [-0.2, -0.15) is 0 Å². The van der Waals surface area contributed by atoms with Gasteiger partial charge in [-0.25, -0.2) is 0 Å². The molecule has 0 fully saturated rings. The molecule has 0 aliphatic carbocycles. The molecule has 0 unspecified atom stereocenters. The third kappa shape index (κ3) is 20.7. The first kappa shape index (κ1) is 32.1. The van der Waals surface area contributed by atoms with Crippen LogP contribution in [0.5, 0.6) is 0 Å². The number of hydrogen-bond acceptors (Lipinski definition) is 4. The summed E-state index contributed by atoms with van der Waals surface area (Å²) in [6.45, 7) is 3.42. The quantitative estimate of drug-likeness (QED) is 0.108. The van der Waals surface area contributed by atoms with Gasteiger partial charge in [-0.3, -0.25) is 9.59 Å². The first-order chi connectivity index (χ1) is 16.3. The monoisotopic (exact) mass is 483 g/mol. The van der Waals surface area contributed by atoms with Crippen molar-refractivity contribution in [2.75, 3.05) is 26.2 Å². The van der Waals surface area contributed by atoms with E-state index in [1.54, 1.807) is 0 Å². The number of carboxylic acid groups (broad SMARTS) is 3. The van der Waals surface area contributed by atoms with Crippen molar-refractivity contribution < 1.29 is 34.2 Å². The second kappa shape index (κ2) is 21.6. The van der Waals surface area contributed by atoms with Gasteiger partial charge in [0.2, 0.25) is 0 Å². The van der Waals surface area contributed by atoms with Crippen LogP contribution in [-0.4, -0.2) is 58.8 Å². The van der Waals surface area contributed by atoms with E-state index < -0.39 is 17.9 Å². The number of rotatable bonds is 25. The SMILES string of the molecule is CCCCCCCCCCCCCC/C=C/CC[N+](CCC(=O)[O-])(CCC(=O)O)CCC(=O)O. The lowest BCUT2D eigenvalue weighted by Gasteiger charge is -2.38. The van der Waals surface area contributed by atoms with E-state index in [4.69, 9.17) is 10.2 Å². The molecular formula is C27H49NO6. The van der Waals surface area contributed by atoms with Crippen molar-refractivity contribution in [1.82, 2.24) is 0 Å². The number of aliphatic carboxylic acids is 3. The normalized spacial score (nSPS) is 11.8. The largest absolute Gasteiger partial charge is 0.550 e. The average Bonchev–Trinajstić information content (AvgIpc) is 2.79. The molecular weight excluding hydrogens is 434 g/mol. The molecule has 0 saturated carbocycles. The molecule has 7 nitrogen and oxygen atoms in total. The Morgan fingerprint density at radius 1 is 0.618 bits per heavy atom. The third-order valence-electron chi connectivity index (χ3n) is 6.55. The number of carboxylic acids is 3. The van der Waals surface area contributed by atoms with Gasteiger partial charge in [0.1, 0.15) is 0 Å². The molecule has 34 heavy (non-hydrogen) atoms. The minimum absolute atomic E-state index is 0.116. The van der Waals surface area contributed by atoms with Crippen LogP contribution >= 0.6 is 0 Å². The summed E-state index contributed by atoms with van der Waals surface area (Å²) in [6.07, 6.45) is 21.3. The number of quaternary nitrogens is 1. The van der Waals surface area contributed by atoms with Gasteiger partial charge in [-0.1, -0.05) is 89.7 Å². The van der Waals surface area contributed by atoms with Crippen LogP contribution in [0.3, 0.4) is 0 Å². The highest BCUT2D eigenvalue weighted by atomic mass is 16.4. The van der Waals surface area contributed by atoms with Gasteiger partial charge in [0.15, 0.2) is 0 Å². The summed E-state index contributed by atoms with van der Waals surface area (Å²) in [7, 11) is 0. The molecule has 0 bridgehead atoms. The van der Waals surface area contributed by atoms with E-state index >= 15 is 0 Å². The van der Waals surface area contributed by atoms with Crippen LogP contribution in [-0.2, 0) is 14.4 Å². The number of allylic oxidation sites excluding steroid dienone is 1. The van der Waals surface area contributed by atoms with Gasteiger partial charge >= 0.3 is 11.9 Å². The smallest absolute Gasteiger partial charge is 0.309 e. The highest BCUT2D eigenvalue weighted by Gasteiger charge is 2.28. The maximum absolute atomic E-state index is 11.1. The highest BCUT2D eigenvalue weighted by Crippen LogP contribution is 2.15. The van der Waals surface area contributed by atoms with Gasteiger partial charge in [-0.05, 0) is 12.8 Å². The Morgan fingerprint density at radius 2 is 1.03 bits per heavy atom. The Hall–Kier alpha value is -1.89. The van der Waals surface area contributed by atoms with E-state index in [1.165, 1.54) is 70.6 Å². The second-order valence-corrected chi connectivity index (χ2v) is 9.58. The van der Waals surface area contributed by atoms with E-state index in [2.05, 4.69) is 19.1 Å². The Labute approximate surface area is 206 Å². The Morgan fingerprint density at radius 3 is 1.47 bits per heavy atom. The summed E-state index contributed by atoms with van der Waals surface area (Å²) in [5, 5.41) is 29.1. The fourth-order valence-electron chi connectivity index (χ4n) is 4.35. The molecule has 0 aromatic heterocycles. The lowest BCUT2D eigenvalue weighted by atomic mass is 10.0. The van der Waals surface area contributed by atoms with Crippen molar-refractivity contribution >= 4 is 17.9 Å². The van der Waals surface area contributed by atoms with E-state index in [-0.39, 0.29) is 43.4 Å². The number of carbonyl (C=O) groups excluding carboxylic acids is 1. The van der Waals surface area contributed by atoms with Crippen molar-refractivity contribution in [2.45, 2.75) is 116 Å². The Bertz CT molecular complexity index is 530. The first-order valence-corrected chi connectivity index (χ1v) is 13.4. The topological polar surface area (TPSA) is 115 Å². The van der Waals surface area contributed by atoms with Crippen LogP contribution in [0, 0.1) is 0 Å². The molecule has 0 rings (SSSR count). The number of unbranched alkanes of at least 4 members (excludes halogenated alkanes) is 12. The lowest BCUT2D eigenvalue weighted by Crippen LogP contribution is -2.52. The van der Waals surface area contributed by atoms with Crippen LogP contribution in [0.15, 0.2) is 12.2 Å². The van der Waals surface area contributed by atoms with Gasteiger partial charge < -0.3 is 24.6 Å². The average molecular weight is 484 g/mol. The predicted octanol–water partition coefficient (Wildman–Crippen LogP) is 4.93. The second-order valence-electron chi connectivity index (χ2n) is 9.58. The van der Waals surface area contributed by atoms with Gasteiger partial charge in [0, 0.05) is 18.8 Å². The minimum Gasteiger partial charge on any atom is -0.550 e. The van der Waals surface area contributed by atoms with E-state index in [1.807, 2.05) is 0 Å². The summed E-state index contributed by atoms with van der Waals surface area (Å²) in [5.74, 6) is -3.13. The molecule has 0 aliphatic heterocycles. The number of hydrogen-bond donors (Lipinski definition) is 2. The first-order valence-electron chi connectivity index (χ1n) is 13.4. The molecule has 0 saturated heterocycles. The summed E-state index contributed by atoms with van der Waals surface area (Å²) >= 11 is 0. The van der Waals surface area contributed by atoms with Gasteiger partial charge in [0.25, 0.3) is 0 Å². The van der Waals surface area contributed by atoms with Crippen LogP contribution < -0.4 is 5.11 Å². The molecule has 2 N–H and O–H groups in total. The van der Waals surface area contributed by atoms with Crippen molar-refractivity contribution in [1.29, 1.82) is 0 Å². The number of nitrogens with zero attached hydrogens (tertiary/aromatic N) is 1. The zero-order chi connectivity index (χ0) is 25.5. The van der Waals surface area contributed by atoms with E-state index in [9.17, 15) is 19.5 Å². The number of carbonyl (C=O) groups is 3. The Balaban J connectivity index is 4.17. The molecule has 0 aromatic rings. The van der Waals surface area contributed by atoms with Gasteiger partial charge in [0.05, 0.1) is 39.0 Å². The van der Waals surface area contributed by atoms with E-state index in [0.29, 0.717) is 13.0 Å². The Kier molecular flexibility index (Phi) is 20.4. The lowest BCUT2D eigenvalue weighted by molar-refractivity contribution is -0.926. The fourth-order valence-corrected chi connectivity index (χ4v) is 4.35. The molecule has 0 heterocycles. The highest BCUT2D eigenvalue weighted by molar-refractivity contribution is 5.67. The zero-order valence-electron chi connectivity index (χ0n) is 21.5. The van der Waals surface area contributed by atoms with Crippen molar-refractivity contribution in [3.8, 4) is 0 Å². The van der Waals surface area contributed by atoms with Crippen LogP contribution in [0.4, 0.5) is 0 Å². The molecule has 0 spiro atoms. The van der Waals surface area contributed by atoms with Crippen molar-refractivity contribution in [2.24, 2.45) is 0 Å². The molecule has 0 amide bonds. The van der Waals surface area contributed by atoms with E-state index in [0.717, 1.165) is 12.8 Å². The van der Waals surface area contributed by atoms with Crippen LogP contribution in [0.1, 0.15) is 116 Å².